The zero-order valence-corrected chi connectivity index (χ0v) is 16.7. The molecule has 1 fully saturated rings. The summed E-state index contributed by atoms with van der Waals surface area (Å²) in [5.41, 5.74) is 2.06. The topological polar surface area (TPSA) is 50.8 Å². The number of aryl methyl sites for hydroxylation is 1. The Morgan fingerprint density at radius 3 is 2.58 bits per heavy atom. The number of methoxy groups -OCH3 is 1. The molecule has 0 radical (unpaired) electrons. The molecule has 1 aromatic carbocycles. The smallest absolute Gasteiger partial charge is 0.224 e. The number of amides is 1. The lowest BCUT2D eigenvalue weighted by atomic mass is 9.92. The second-order valence-electron chi connectivity index (χ2n) is 7.08. The maximum Gasteiger partial charge on any atom is 0.224 e. The number of carbonyl (C=O) groups excluding carboxylic acids is 1. The maximum absolute atomic E-state index is 12.5. The first kappa shape index (κ1) is 20.7. The van der Waals surface area contributed by atoms with Crippen LogP contribution in [0.4, 0.5) is 0 Å². The first-order valence-corrected chi connectivity index (χ1v) is 9.81. The van der Waals surface area contributed by atoms with Gasteiger partial charge in [0, 0.05) is 25.7 Å². The van der Waals surface area contributed by atoms with Gasteiger partial charge in [0.05, 0.1) is 26.7 Å². The summed E-state index contributed by atoms with van der Waals surface area (Å²) in [6, 6.07) is 6.33. The van der Waals surface area contributed by atoms with Gasteiger partial charge in [-0.15, -0.1) is 0 Å². The van der Waals surface area contributed by atoms with Crippen LogP contribution in [0.5, 0.6) is 5.75 Å². The van der Waals surface area contributed by atoms with Crippen LogP contribution in [-0.4, -0.2) is 56.8 Å². The molecule has 0 bridgehead atoms. The Labute approximate surface area is 158 Å². The molecular weight excluding hydrogens is 328 g/mol. The van der Waals surface area contributed by atoms with Crippen LogP contribution in [0, 0.1) is 12.8 Å². The van der Waals surface area contributed by atoms with Gasteiger partial charge < -0.3 is 14.8 Å². The lowest BCUT2D eigenvalue weighted by Gasteiger charge is -2.38. The Morgan fingerprint density at radius 2 is 1.96 bits per heavy atom. The van der Waals surface area contributed by atoms with E-state index < -0.39 is 0 Å². The van der Waals surface area contributed by atoms with Crippen molar-refractivity contribution in [3.8, 4) is 5.75 Å². The Kier molecular flexibility index (Phi) is 8.39. The van der Waals surface area contributed by atoms with E-state index in [2.05, 4.69) is 24.1 Å². The summed E-state index contributed by atoms with van der Waals surface area (Å²) in [5, 5.41) is 3.17. The number of morpholine rings is 1. The maximum atomic E-state index is 12.5. The molecule has 1 amide bonds. The Balaban J connectivity index is 1.95. The molecule has 1 aromatic rings. The van der Waals surface area contributed by atoms with Gasteiger partial charge in [-0.25, -0.2) is 0 Å². The van der Waals surface area contributed by atoms with Crippen LogP contribution >= 0.6 is 0 Å². The highest BCUT2D eigenvalue weighted by Crippen LogP contribution is 2.21. The monoisotopic (exact) mass is 362 g/mol. The third-order valence-electron chi connectivity index (χ3n) is 5.45. The minimum absolute atomic E-state index is 0.0696. The molecule has 1 N–H and O–H groups in total. The molecule has 1 atom stereocenters. The highest BCUT2D eigenvalue weighted by Gasteiger charge is 2.27. The van der Waals surface area contributed by atoms with Crippen LogP contribution < -0.4 is 10.1 Å². The van der Waals surface area contributed by atoms with Crippen molar-refractivity contribution < 1.29 is 14.3 Å². The molecule has 0 aliphatic carbocycles. The van der Waals surface area contributed by atoms with E-state index >= 15 is 0 Å². The fourth-order valence-corrected chi connectivity index (χ4v) is 3.78. The number of hydrogen-bond donors (Lipinski definition) is 1. The van der Waals surface area contributed by atoms with E-state index in [1.54, 1.807) is 7.11 Å². The van der Waals surface area contributed by atoms with Crippen LogP contribution in [0.25, 0.3) is 0 Å². The first-order valence-electron chi connectivity index (χ1n) is 9.81. The number of benzene rings is 1. The molecule has 1 saturated heterocycles. The van der Waals surface area contributed by atoms with Crippen molar-refractivity contribution in [2.45, 2.75) is 46.1 Å². The van der Waals surface area contributed by atoms with E-state index in [0.29, 0.717) is 24.9 Å². The molecule has 5 nitrogen and oxygen atoms in total. The van der Waals surface area contributed by atoms with Crippen molar-refractivity contribution in [2.24, 2.45) is 5.92 Å². The Hall–Kier alpha value is -1.59. The lowest BCUT2D eigenvalue weighted by Crippen LogP contribution is -2.52. The molecule has 2 rings (SSSR count). The summed E-state index contributed by atoms with van der Waals surface area (Å²) in [7, 11) is 1.66. The van der Waals surface area contributed by atoms with Crippen molar-refractivity contribution >= 4 is 5.91 Å². The van der Waals surface area contributed by atoms with E-state index in [4.69, 9.17) is 9.47 Å². The van der Waals surface area contributed by atoms with E-state index in [1.165, 1.54) is 0 Å². The lowest BCUT2D eigenvalue weighted by molar-refractivity contribution is -0.121. The molecule has 1 aliphatic rings. The summed E-state index contributed by atoms with van der Waals surface area (Å²) in [6.45, 7) is 10.7. The number of ether oxygens (including phenoxy) is 2. The number of rotatable bonds is 9. The molecule has 0 aromatic heterocycles. The zero-order chi connectivity index (χ0) is 18.9. The zero-order valence-electron chi connectivity index (χ0n) is 16.7. The van der Waals surface area contributed by atoms with Gasteiger partial charge in [0.2, 0.25) is 5.91 Å². The van der Waals surface area contributed by atoms with E-state index in [1.807, 2.05) is 25.1 Å². The Bertz CT molecular complexity index is 566. The second kappa shape index (κ2) is 10.5. The number of nitrogens with zero attached hydrogens (tertiary/aromatic N) is 1. The van der Waals surface area contributed by atoms with Crippen molar-refractivity contribution in [2.75, 3.05) is 40.0 Å². The molecule has 1 unspecified atom stereocenters. The average Bonchev–Trinajstić information content (AvgIpc) is 2.67. The highest BCUT2D eigenvalue weighted by molar-refractivity contribution is 5.78. The van der Waals surface area contributed by atoms with Crippen LogP contribution in [-0.2, 0) is 16.0 Å². The predicted molar refractivity (Wildman–Crippen MR) is 105 cm³/mol. The van der Waals surface area contributed by atoms with E-state index in [9.17, 15) is 4.79 Å². The summed E-state index contributed by atoms with van der Waals surface area (Å²) in [5.74, 6) is 1.49. The van der Waals surface area contributed by atoms with Crippen molar-refractivity contribution in [3.63, 3.8) is 0 Å². The largest absolute Gasteiger partial charge is 0.496 e. The van der Waals surface area contributed by atoms with E-state index in [0.717, 1.165) is 56.0 Å². The minimum Gasteiger partial charge on any atom is -0.496 e. The molecule has 26 heavy (non-hydrogen) atoms. The molecule has 146 valence electrons. The van der Waals surface area contributed by atoms with Crippen LogP contribution in [0.1, 0.15) is 37.8 Å². The van der Waals surface area contributed by atoms with Gasteiger partial charge >= 0.3 is 0 Å². The predicted octanol–water partition coefficient (Wildman–Crippen LogP) is 2.80. The SMILES string of the molecule is CCC(CC)C(CNC(=O)Cc1ccc(C)c(OC)c1)N1CCOCC1. The molecular formula is C21H34N2O3. The third-order valence-corrected chi connectivity index (χ3v) is 5.45. The molecule has 5 heteroatoms. The highest BCUT2D eigenvalue weighted by atomic mass is 16.5. The molecule has 0 spiro atoms. The van der Waals surface area contributed by atoms with E-state index in [-0.39, 0.29) is 5.91 Å². The van der Waals surface area contributed by atoms with Gasteiger partial charge in [-0.05, 0) is 30.0 Å². The quantitative estimate of drug-likeness (QED) is 0.734. The third kappa shape index (κ3) is 5.71. The fourth-order valence-electron chi connectivity index (χ4n) is 3.78. The van der Waals surface area contributed by atoms with Gasteiger partial charge in [0.15, 0.2) is 0 Å². The van der Waals surface area contributed by atoms with Crippen LogP contribution in [0.15, 0.2) is 18.2 Å². The van der Waals surface area contributed by atoms with Crippen LogP contribution in [0.2, 0.25) is 0 Å². The molecule has 1 heterocycles. The van der Waals surface area contributed by atoms with Gasteiger partial charge in [0.1, 0.15) is 5.75 Å². The summed E-state index contributed by atoms with van der Waals surface area (Å²) < 4.78 is 10.8. The average molecular weight is 363 g/mol. The van der Waals surface area contributed by atoms with Gasteiger partial charge in [-0.1, -0.05) is 38.8 Å². The van der Waals surface area contributed by atoms with Gasteiger partial charge in [0.25, 0.3) is 0 Å². The first-order chi connectivity index (χ1) is 12.6. The standard InChI is InChI=1S/C21H34N2O3/c1-5-18(6-2)19(23-9-11-26-12-10-23)15-22-21(24)14-17-8-7-16(3)20(13-17)25-4/h7-8,13,18-19H,5-6,9-12,14-15H2,1-4H3,(H,22,24). The number of hydrogen-bond acceptors (Lipinski definition) is 4. The summed E-state index contributed by atoms with van der Waals surface area (Å²) in [6.07, 6.45) is 2.64. The second-order valence-corrected chi connectivity index (χ2v) is 7.08. The number of carbonyl (C=O) groups is 1. The normalized spacial score (nSPS) is 16.5. The summed E-state index contributed by atoms with van der Waals surface area (Å²) >= 11 is 0. The van der Waals surface area contributed by atoms with Gasteiger partial charge in [-0.2, -0.15) is 0 Å². The fraction of sp³-hybridized carbons (Fsp3) is 0.667. The molecule has 0 saturated carbocycles. The Morgan fingerprint density at radius 1 is 1.27 bits per heavy atom. The molecule has 1 aliphatic heterocycles. The van der Waals surface area contributed by atoms with Crippen molar-refractivity contribution in [1.29, 1.82) is 0 Å². The number of nitrogens with one attached hydrogen (secondary N) is 1. The van der Waals surface area contributed by atoms with Crippen molar-refractivity contribution in [3.05, 3.63) is 29.3 Å². The van der Waals surface area contributed by atoms with Crippen molar-refractivity contribution in [1.82, 2.24) is 10.2 Å². The van der Waals surface area contributed by atoms with Gasteiger partial charge in [-0.3, -0.25) is 9.69 Å². The summed E-state index contributed by atoms with van der Waals surface area (Å²) in [4.78, 5) is 15.0. The van der Waals surface area contributed by atoms with Crippen LogP contribution in [0.3, 0.4) is 0 Å². The minimum atomic E-state index is 0.0696.